The van der Waals surface area contributed by atoms with E-state index in [4.69, 9.17) is 27.9 Å². The predicted octanol–water partition coefficient (Wildman–Crippen LogP) is 3.64. The van der Waals surface area contributed by atoms with Crippen LogP contribution in [0.2, 0.25) is 10.2 Å². The van der Waals surface area contributed by atoms with Gasteiger partial charge in [0.15, 0.2) is 5.96 Å². The second-order valence-electron chi connectivity index (χ2n) is 8.07. The monoisotopic (exact) mass is 431 g/mol. The van der Waals surface area contributed by atoms with E-state index in [1.54, 1.807) is 11.9 Å². The highest BCUT2D eigenvalue weighted by molar-refractivity contribution is 6.41. The van der Waals surface area contributed by atoms with Crippen LogP contribution in [0.15, 0.2) is 11.1 Å². The lowest BCUT2D eigenvalue weighted by atomic mass is 9.98. The molecule has 1 unspecified atom stereocenters. The Kier molecular flexibility index (Phi) is 7.89. The number of carbonyl (C=O) groups excluding carboxylic acids is 1. The molecule has 2 N–H and O–H groups in total. The highest BCUT2D eigenvalue weighted by Crippen LogP contribution is 2.25. The molecule has 1 saturated heterocycles. The SMILES string of the molecule is CN=C(NCc1cc(Cl)c(Cl)n1C)NCC1CCCN(C(=O)OC(C)(C)C)C1. The molecule has 1 fully saturated rings. The Morgan fingerprint density at radius 1 is 1.36 bits per heavy atom. The Bertz CT molecular complexity index is 712. The molecular formula is C19H31Cl2N5O2. The summed E-state index contributed by atoms with van der Waals surface area (Å²) in [6.45, 7) is 8.37. The van der Waals surface area contributed by atoms with Crippen molar-refractivity contribution in [2.45, 2.75) is 45.8 Å². The number of nitrogens with zero attached hydrogens (tertiary/aromatic N) is 3. The Labute approximate surface area is 177 Å². The van der Waals surface area contributed by atoms with Crippen LogP contribution in [0.4, 0.5) is 4.79 Å². The summed E-state index contributed by atoms with van der Waals surface area (Å²) in [6.07, 6.45) is 1.79. The van der Waals surface area contributed by atoms with Gasteiger partial charge in [-0.2, -0.15) is 0 Å². The van der Waals surface area contributed by atoms with Crippen molar-refractivity contribution in [1.82, 2.24) is 20.1 Å². The van der Waals surface area contributed by atoms with Gasteiger partial charge in [0.1, 0.15) is 10.8 Å². The number of likely N-dealkylation sites (tertiary alicyclic amines) is 1. The summed E-state index contributed by atoms with van der Waals surface area (Å²) in [7, 11) is 3.60. The van der Waals surface area contributed by atoms with E-state index in [9.17, 15) is 4.79 Å². The van der Waals surface area contributed by atoms with Gasteiger partial charge in [-0.05, 0) is 45.6 Å². The summed E-state index contributed by atoms with van der Waals surface area (Å²) in [5, 5.41) is 7.66. The first kappa shape index (κ1) is 22.7. The van der Waals surface area contributed by atoms with E-state index in [1.807, 2.05) is 38.5 Å². The largest absolute Gasteiger partial charge is 0.444 e. The summed E-state index contributed by atoms with van der Waals surface area (Å²) in [5.74, 6) is 1.04. The quantitative estimate of drug-likeness (QED) is 0.563. The number of aromatic nitrogens is 1. The van der Waals surface area contributed by atoms with Crippen LogP contribution in [0, 0.1) is 5.92 Å². The zero-order chi connectivity index (χ0) is 20.9. The van der Waals surface area contributed by atoms with Crippen LogP contribution in [0.25, 0.3) is 0 Å². The van der Waals surface area contributed by atoms with E-state index in [2.05, 4.69) is 15.6 Å². The highest BCUT2D eigenvalue weighted by Gasteiger charge is 2.27. The van der Waals surface area contributed by atoms with Gasteiger partial charge in [0.2, 0.25) is 0 Å². The number of guanidine groups is 1. The molecule has 0 bridgehead atoms. The Hall–Kier alpha value is -1.60. The van der Waals surface area contributed by atoms with Crippen molar-refractivity contribution in [2.24, 2.45) is 18.0 Å². The van der Waals surface area contributed by atoms with Gasteiger partial charge in [-0.15, -0.1) is 0 Å². The molecule has 1 aromatic heterocycles. The lowest BCUT2D eigenvalue weighted by Gasteiger charge is -2.34. The molecule has 0 aliphatic carbocycles. The van der Waals surface area contributed by atoms with Crippen LogP contribution in [0.3, 0.4) is 0 Å². The van der Waals surface area contributed by atoms with E-state index in [0.717, 1.165) is 31.6 Å². The second-order valence-corrected chi connectivity index (χ2v) is 8.84. The Morgan fingerprint density at radius 3 is 2.64 bits per heavy atom. The molecule has 9 heteroatoms. The van der Waals surface area contributed by atoms with Crippen molar-refractivity contribution in [1.29, 1.82) is 0 Å². The van der Waals surface area contributed by atoms with Gasteiger partial charge in [-0.3, -0.25) is 4.99 Å². The Balaban J connectivity index is 1.82. The smallest absolute Gasteiger partial charge is 0.410 e. The standard InChI is InChI=1S/C19H31Cl2N5O2/c1-19(2,3)28-18(27)26-8-6-7-13(12-26)10-23-17(22-4)24-11-14-9-15(20)16(21)25(14)5/h9,13H,6-8,10-12H2,1-5H3,(H2,22,23,24). The number of halogens is 2. The third kappa shape index (κ3) is 6.48. The van der Waals surface area contributed by atoms with Crippen molar-refractivity contribution >= 4 is 35.3 Å². The van der Waals surface area contributed by atoms with Crippen LogP contribution in [0.1, 0.15) is 39.3 Å². The van der Waals surface area contributed by atoms with E-state index in [1.165, 1.54) is 0 Å². The molecule has 0 spiro atoms. The van der Waals surface area contributed by atoms with Crippen molar-refractivity contribution in [2.75, 3.05) is 26.7 Å². The third-order valence-electron chi connectivity index (χ3n) is 4.61. The first-order valence-corrected chi connectivity index (χ1v) is 10.3. The minimum Gasteiger partial charge on any atom is -0.444 e. The van der Waals surface area contributed by atoms with Crippen molar-refractivity contribution in [3.05, 3.63) is 21.9 Å². The summed E-state index contributed by atoms with van der Waals surface area (Å²) < 4.78 is 7.33. The topological polar surface area (TPSA) is 70.9 Å². The minimum atomic E-state index is -0.475. The van der Waals surface area contributed by atoms with Crippen molar-refractivity contribution < 1.29 is 9.53 Å². The van der Waals surface area contributed by atoms with Gasteiger partial charge >= 0.3 is 6.09 Å². The van der Waals surface area contributed by atoms with Gasteiger partial charge in [0.25, 0.3) is 0 Å². The number of ether oxygens (including phenoxy) is 1. The van der Waals surface area contributed by atoms with Gasteiger partial charge in [-0.25, -0.2) is 4.79 Å². The zero-order valence-corrected chi connectivity index (χ0v) is 18.8. The second kappa shape index (κ2) is 9.74. The van der Waals surface area contributed by atoms with Crippen molar-refractivity contribution in [3.8, 4) is 0 Å². The number of hydrogen-bond donors (Lipinski definition) is 2. The normalized spacial score (nSPS) is 18.2. The molecule has 28 heavy (non-hydrogen) atoms. The van der Waals surface area contributed by atoms with Crippen LogP contribution in [-0.4, -0.2) is 53.8 Å². The van der Waals surface area contributed by atoms with E-state index < -0.39 is 5.60 Å². The van der Waals surface area contributed by atoms with E-state index in [0.29, 0.717) is 35.1 Å². The summed E-state index contributed by atoms with van der Waals surface area (Å²) in [4.78, 5) is 18.4. The fourth-order valence-electron chi connectivity index (χ4n) is 3.12. The maximum absolute atomic E-state index is 12.3. The number of hydrogen-bond acceptors (Lipinski definition) is 3. The summed E-state index contributed by atoms with van der Waals surface area (Å²) in [6, 6.07) is 1.84. The average molecular weight is 432 g/mol. The molecule has 1 aliphatic rings. The van der Waals surface area contributed by atoms with Crippen molar-refractivity contribution in [3.63, 3.8) is 0 Å². The van der Waals surface area contributed by atoms with Crippen LogP contribution in [-0.2, 0) is 18.3 Å². The number of carbonyl (C=O) groups is 1. The molecule has 2 rings (SSSR count). The fourth-order valence-corrected chi connectivity index (χ4v) is 3.53. The van der Waals surface area contributed by atoms with Crippen LogP contribution >= 0.6 is 23.2 Å². The van der Waals surface area contributed by atoms with Gasteiger partial charge < -0.3 is 24.8 Å². The van der Waals surface area contributed by atoms with Crippen LogP contribution in [0.5, 0.6) is 0 Å². The summed E-state index contributed by atoms with van der Waals surface area (Å²) in [5.41, 5.74) is 0.489. The maximum atomic E-state index is 12.3. The predicted molar refractivity (Wildman–Crippen MR) is 114 cm³/mol. The lowest BCUT2D eigenvalue weighted by Crippen LogP contribution is -2.47. The zero-order valence-electron chi connectivity index (χ0n) is 17.3. The average Bonchev–Trinajstić information content (AvgIpc) is 2.87. The van der Waals surface area contributed by atoms with Crippen LogP contribution < -0.4 is 10.6 Å². The molecule has 1 aromatic rings. The van der Waals surface area contributed by atoms with Gasteiger partial charge in [0, 0.05) is 39.4 Å². The number of rotatable bonds is 4. The number of aliphatic imine (C=N–C) groups is 1. The molecule has 7 nitrogen and oxygen atoms in total. The third-order valence-corrected chi connectivity index (χ3v) is 5.45. The molecule has 0 saturated carbocycles. The minimum absolute atomic E-state index is 0.239. The number of piperidine rings is 1. The van der Waals surface area contributed by atoms with Gasteiger partial charge in [0.05, 0.1) is 11.6 Å². The first-order chi connectivity index (χ1) is 13.1. The summed E-state index contributed by atoms with van der Waals surface area (Å²) >= 11 is 12.2. The molecule has 0 aromatic carbocycles. The molecule has 0 radical (unpaired) electrons. The molecular weight excluding hydrogens is 401 g/mol. The molecule has 1 atom stereocenters. The fraction of sp³-hybridized carbons (Fsp3) is 0.684. The maximum Gasteiger partial charge on any atom is 0.410 e. The first-order valence-electron chi connectivity index (χ1n) is 9.52. The molecule has 1 amide bonds. The number of nitrogens with one attached hydrogen (secondary N) is 2. The highest BCUT2D eigenvalue weighted by atomic mass is 35.5. The lowest BCUT2D eigenvalue weighted by molar-refractivity contribution is 0.0168. The number of amides is 1. The van der Waals surface area contributed by atoms with Gasteiger partial charge in [-0.1, -0.05) is 23.2 Å². The van der Waals surface area contributed by atoms with E-state index in [-0.39, 0.29) is 6.09 Å². The Morgan fingerprint density at radius 2 is 2.07 bits per heavy atom. The molecule has 2 heterocycles. The molecule has 158 valence electrons. The van der Waals surface area contributed by atoms with E-state index >= 15 is 0 Å². The molecule has 1 aliphatic heterocycles.